The Balaban J connectivity index is 1.84. The highest BCUT2D eigenvalue weighted by Gasteiger charge is 2.55. The molecule has 0 radical (unpaired) electrons. The Kier molecular flexibility index (Phi) is 6.96. The molecular formula is C21H24F4N2O4S2. The summed E-state index contributed by atoms with van der Waals surface area (Å²) in [6.07, 6.45) is -0.613. The van der Waals surface area contributed by atoms with Crippen LogP contribution in [0.4, 0.5) is 23.2 Å². The maximum absolute atomic E-state index is 14.2. The number of sulfonamides is 1. The highest BCUT2D eigenvalue weighted by atomic mass is 32.2. The van der Waals surface area contributed by atoms with Crippen LogP contribution >= 0.6 is 11.3 Å². The van der Waals surface area contributed by atoms with Crippen LogP contribution in [0, 0.1) is 6.92 Å². The van der Waals surface area contributed by atoms with Gasteiger partial charge in [-0.1, -0.05) is 19.1 Å². The molecule has 0 aliphatic carbocycles. The van der Waals surface area contributed by atoms with Crippen LogP contribution in [0.1, 0.15) is 47.5 Å². The van der Waals surface area contributed by atoms with Crippen LogP contribution in [0.25, 0.3) is 0 Å². The summed E-state index contributed by atoms with van der Waals surface area (Å²) in [5, 5.41) is 2.48. The predicted octanol–water partition coefficient (Wildman–Crippen LogP) is 4.90. The van der Waals surface area contributed by atoms with Gasteiger partial charge in [-0.3, -0.25) is 4.79 Å². The van der Waals surface area contributed by atoms with Gasteiger partial charge in [0.1, 0.15) is 9.75 Å². The van der Waals surface area contributed by atoms with Gasteiger partial charge in [0.25, 0.3) is 27.8 Å². The second-order valence-corrected chi connectivity index (χ2v) is 11.2. The molecule has 1 aliphatic rings. The minimum atomic E-state index is -4.39. The fourth-order valence-electron chi connectivity index (χ4n) is 3.43. The van der Waals surface area contributed by atoms with E-state index >= 15 is 0 Å². The van der Waals surface area contributed by atoms with E-state index in [0.717, 1.165) is 23.5 Å². The summed E-state index contributed by atoms with van der Waals surface area (Å²) in [6, 6.07) is 6.29. The third kappa shape index (κ3) is 5.23. The normalized spacial score (nSPS) is 19.6. The molecule has 1 fully saturated rings. The van der Waals surface area contributed by atoms with E-state index < -0.39 is 46.3 Å². The molecule has 0 bridgehead atoms. The zero-order valence-corrected chi connectivity index (χ0v) is 19.8. The van der Waals surface area contributed by atoms with Gasteiger partial charge in [-0.15, -0.1) is 11.3 Å². The number of amides is 1. The van der Waals surface area contributed by atoms with Crippen molar-refractivity contribution in [1.29, 1.82) is 0 Å². The average molecular weight is 509 g/mol. The van der Waals surface area contributed by atoms with Crippen molar-refractivity contribution < 1.29 is 35.5 Å². The van der Waals surface area contributed by atoms with Crippen LogP contribution in [-0.2, 0) is 20.7 Å². The molecule has 0 saturated carbocycles. The SMILES string of the molecule is CCC(F)(F)c1cccc(NC(=O)c2cc(S(=O)(=O)NC3(C(C)(F)F)CCOC3)sc2C)c1. The number of ether oxygens (including phenoxy) is 1. The third-order valence-electron chi connectivity index (χ3n) is 5.58. The molecule has 1 atom stereocenters. The maximum atomic E-state index is 14.2. The Bertz CT molecular complexity index is 1140. The lowest BCUT2D eigenvalue weighted by Gasteiger charge is -2.33. The van der Waals surface area contributed by atoms with Crippen LogP contribution < -0.4 is 10.0 Å². The molecule has 1 aromatic heterocycles. The lowest BCUT2D eigenvalue weighted by molar-refractivity contribution is -0.0662. The molecule has 1 saturated heterocycles. The highest BCUT2D eigenvalue weighted by molar-refractivity contribution is 7.91. The number of nitrogens with one attached hydrogen (secondary N) is 2. The number of thiophene rings is 1. The lowest BCUT2D eigenvalue weighted by atomic mass is 9.93. The summed E-state index contributed by atoms with van der Waals surface area (Å²) in [5.41, 5.74) is -2.24. The van der Waals surface area contributed by atoms with E-state index in [1.165, 1.54) is 32.0 Å². The largest absolute Gasteiger partial charge is 0.379 e. The topological polar surface area (TPSA) is 84.5 Å². The molecular weight excluding hydrogens is 484 g/mol. The number of carbonyl (C=O) groups is 1. The van der Waals surface area contributed by atoms with E-state index in [9.17, 15) is 30.8 Å². The zero-order valence-electron chi connectivity index (χ0n) is 18.2. The third-order valence-corrected chi connectivity index (χ3v) is 8.64. The number of halogens is 4. The van der Waals surface area contributed by atoms with Crippen molar-refractivity contribution in [2.24, 2.45) is 0 Å². The molecule has 12 heteroatoms. The number of hydrogen-bond acceptors (Lipinski definition) is 5. The second kappa shape index (κ2) is 8.97. The summed E-state index contributed by atoms with van der Waals surface area (Å²) in [7, 11) is -4.39. The first-order chi connectivity index (χ1) is 15.2. The van der Waals surface area contributed by atoms with Gasteiger partial charge in [0.05, 0.1) is 12.2 Å². The van der Waals surface area contributed by atoms with Gasteiger partial charge in [-0.2, -0.15) is 4.72 Å². The Morgan fingerprint density at radius 3 is 2.52 bits per heavy atom. The summed E-state index contributed by atoms with van der Waals surface area (Å²) in [6.45, 7) is 2.97. The first-order valence-electron chi connectivity index (χ1n) is 10.1. The minimum Gasteiger partial charge on any atom is -0.379 e. The van der Waals surface area contributed by atoms with Crippen molar-refractivity contribution in [3.8, 4) is 0 Å². The standard InChI is InChI=1S/C21H24F4N2O4S2/c1-4-21(24,25)14-6-5-7-15(10-14)26-18(28)16-11-17(32-13(16)2)33(29,30)27-20(19(3,22)23)8-9-31-12-20/h5-7,10-11,27H,4,8-9,12H2,1-3H3,(H,26,28). The van der Waals surface area contributed by atoms with Crippen LogP contribution in [-0.4, -0.2) is 39.0 Å². The number of hydrogen-bond donors (Lipinski definition) is 2. The van der Waals surface area contributed by atoms with Crippen molar-refractivity contribution in [1.82, 2.24) is 4.72 Å². The quantitative estimate of drug-likeness (QED) is 0.497. The Hall–Kier alpha value is -2.02. The second-order valence-electron chi connectivity index (χ2n) is 8.01. The molecule has 33 heavy (non-hydrogen) atoms. The van der Waals surface area contributed by atoms with E-state index in [-0.39, 0.29) is 34.1 Å². The van der Waals surface area contributed by atoms with E-state index in [4.69, 9.17) is 4.74 Å². The fourth-order valence-corrected chi connectivity index (χ4v) is 6.34. The van der Waals surface area contributed by atoms with Crippen molar-refractivity contribution in [2.75, 3.05) is 18.5 Å². The smallest absolute Gasteiger partial charge is 0.273 e. The van der Waals surface area contributed by atoms with E-state index in [1.807, 2.05) is 0 Å². The van der Waals surface area contributed by atoms with Gasteiger partial charge in [0, 0.05) is 36.1 Å². The number of aryl methyl sites for hydroxylation is 1. The van der Waals surface area contributed by atoms with Gasteiger partial charge < -0.3 is 10.1 Å². The lowest BCUT2D eigenvalue weighted by Crippen LogP contribution is -2.59. The molecule has 2 N–H and O–H groups in total. The number of alkyl halides is 4. The van der Waals surface area contributed by atoms with Crippen molar-refractivity contribution in [3.63, 3.8) is 0 Å². The number of rotatable bonds is 8. The van der Waals surface area contributed by atoms with E-state index in [0.29, 0.717) is 11.8 Å². The molecule has 0 spiro atoms. The minimum absolute atomic E-state index is 0.00647. The van der Waals surface area contributed by atoms with Gasteiger partial charge >= 0.3 is 0 Å². The molecule has 182 valence electrons. The zero-order chi connectivity index (χ0) is 24.7. The molecule has 2 aromatic rings. The monoisotopic (exact) mass is 508 g/mol. The first-order valence-corrected chi connectivity index (χ1v) is 12.4. The predicted molar refractivity (Wildman–Crippen MR) is 117 cm³/mol. The van der Waals surface area contributed by atoms with Crippen LogP contribution in [0.5, 0.6) is 0 Å². The van der Waals surface area contributed by atoms with Gasteiger partial charge in [0.2, 0.25) is 0 Å². The Morgan fingerprint density at radius 1 is 1.24 bits per heavy atom. The van der Waals surface area contributed by atoms with Crippen molar-refractivity contribution >= 4 is 33.0 Å². The van der Waals surface area contributed by atoms with Gasteiger partial charge in [0.15, 0.2) is 0 Å². The molecule has 1 aromatic carbocycles. The van der Waals surface area contributed by atoms with Crippen LogP contribution in [0.3, 0.4) is 0 Å². The van der Waals surface area contributed by atoms with Crippen molar-refractivity contribution in [3.05, 3.63) is 46.3 Å². The fraction of sp³-hybridized carbons (Fsp3) is 0.476. The maximum Gasteiger partial charge on any atom is 0.273 e. The van der Waals surface area contributed by atoms with E-state index in [1.54, 1.807) is 0 Å². The molecule has 1 aliphatic heterocycles. The summed E-state index contributed by atoms with van der Waals surface area (Å²) >= 11 is 0.747. The molecule has 6 nitrogen and oxygen atoms in total. The number of benzene rings is 1. The summed E-state index contributed by atoms with van der Waals surface area (Å²) < 4.78 is 88.9. The molecule has 1 amide bonds. The summed E-state index contributed by atoms with van der Waals surface area (Å²) in [5.74, 6) is -7.15. The number of anilines is 1. The molecule has 1 unspecified atom stereocenters. The Morgan fingerprint density at radius 2 is 1.94 bits per heavy atom. The Labute approximate surface area is 193 Å². The van der Waals surface area contributed by atoms with E-state index in [2.05, 4.69) is 10.0 Å². The van der Waals surface area contributed by atoms with Gasteiger partial charge in [-0.05, 0) is 31.5 Å². The first kappa shape index (κ1) is 25.6. The van der Waals surface area contributed by atoms with Crippen molar-refractivity contribution in [2.45, 2.75) is 55.2 Å². The number of carbonyl (C=O) groups excluding carboxylic acids is 1. The molecule has 3 rings (SSSR count). The average Bonchev–Trinajstić information content (AvgIpc) is 3.35. The molecule has 2 heterocycles. The van der Waals surface area contributed by atoms with Crippen LogP contribution in [0.15, 0.2) is 34.5 Å². The summed E-state index contributed by atoms with van der Waals surface area (Å²) in [4.78, 5) is 13.0. The van der Waals surface area contributed by atoms with Gasteiger partial charge in [-0.25, -0.2) is 26.0 Å². The van der Waals surface area contributed by atoms with Crippen LogP contribution in [0.2, 0.25) is 0 Å². The highest BCUT2D eigenvalue weighted by Crippen LogP contribution is 2.38.